The van der Waals surface area contributed by atoms with Gasteiger partial charge in [0.1, 0.15) is 6.54 Å². The molecule has 2 N–H and O–H groups in total. The molecule has 8 nitrogen and oxygen atoms in total. The van der Waals surface area contributed by atoms with E-state index in [1.807, 2.05) is 6.92 Å². The lowest BCUT2D eigenvalue weighted by molar-refractivity contribution is -0.114. The van der Waals surface area contributed by atoms with Crippen molar-refractivity contribution in [3.63, 3.8) is 0 Å². The molecule has 10 heteroatoms. The molecule has 0 saturated carbocycles. The first-order valence-corrected chi connectivity index (χ1v) is 13.7. The van der Waals surface area contributed by atoms with Gasteiger partial charge in [0.2, 0.25) is 5.91 Å². The fourth-order valence-electron chi connectivity index (χ4n) is 3.98. The second kappa shape index (κ2) is 11.8. The molecule has 1 saturated heterocycles. The molecule has 0 spiro atoms. The van der Waals surface area contributed by atoms with Crippen LogP contribution in [0, 0.1) is 6.92 Å². The molecule has 4 rings (SSSR count). The highest BCUT2D eigenvalue weighted by Crippen LogP contribution is 2.25. The molecule has 1 aliphatic heterocycles. The first kappa shape index (κ1) is 26.7. The van der Waals surface area contributed by atoms with Crippen molar-refractivity contribution in [2.75, 3.05) is 29.3 Å². The first-order chi connectivity index (χ1) is 17.7. The van der Waals surface area contributed by atoms with Crippen molar-refractivity contribution in [1.82, 2.24) is 5.32 Å². The number of benzene rings is 3. The fraction of sp³-hybridized carbons (Fsp3) is 0.259. The van der Waals surface area contributed by atoms with E-state index in [0.717, 1.165) is 22.7 Å². The number of sulfonamides is 1. The van der Waals surface area contributed by atoms with E-state index in [1.54, 1.807) is 48.5 Å². The minimum Gasteiger partial charge on any atom is -0.376 e. The Kier molecular flexibility index (Phi) is 8.48. The minimum atomic E-state index is -4.09. The monoisotopic (exact) mass is 541 g/mol. The quantitative estimate of drug-likeness (QED) is 0.418. The van der Waals surface area contributed by atoms with Crippen LogP contribution in [0.15, 0.2) is 77.7 Å². The average Bonchev–Trinajstić information content (AvgIpc) is 3.41. The van der Waals surface area contributed by atoms with Crippen molar-refractivity contribution in [1.29, 1.82) is 0 Å². The molecule has 2 amide bonds. The molecule has 1 aliphatic rings. The van der Waals surface area contributed by atoms with Crippen LogP contribution >= 0.6 is 11.6 Å². The number of carbonyl (C=O) groups excluding carboxylic acids is 2. The number of ether oxygens (including phenoxy) is 1. The zero-order valence-electron chi connectivity index (χ0n) is 20.3. The summed E-state index contributed by atoms with van der Waals surface area (Å²) in [6.07, 6.45) is 1.82. The van der Waals surface area contributed by atoms with Crippen molar-refractivity contribution >= 4 is 44.8 Å². The van der Waals surface area contributed by atoms with Gasteiger partial charge in [-0.05, 0) is 68.3 Å². The number of nitrogens with zero attached hydrogens (tertiary/aromatic N) is 1. The average molecular weight is 542 g/mol. The third-order valence-electron chi connectivity index (χ3n) is 5.97. The van der Waals surface area contributed by atoms with Gasteiger partial charge < -0.3 is 15.4 Å². The highest BCUT2D eigenvalue weighted by Gasteiger charge is 2.28. The van der Waals surface area contributed by atoms with E-state index >= 15 is 0 Å². The summed E-state index contributed by atoms with van der Waals surface area (Å²) in [5.74, 6) is -0.951. The second-order valence-electron chi connectivity index (χ2n) is 8.74. The Labute approximate surface area is 221 Å². The van der Waals surface area contributed by atoms with Crippen molar-refractivity contribution in [3.8, 4) is 0 Å². The number of carbonyl (C=O) groups is 2. The summed E-state index contributed by atoms with van der Waals surface area (Å²) < 4.78 is 33.6. The zero-order chi connectivity index (χ0) is 26.4. The smallest absolute Gasteiger partial charge is 0.264 e. The number of nitrogens with one attached hydrogen (secondary N) is 2. The van der Waals surface area contributed by atoms with E-state index in [0.29, 0.717) is 23.9 Å². The van der Waals surface area contributed by atoms with E-state index in [2.05, 4.69) is 10.6 Å². The second-order valence-corrected chi connectivity index (χ2v) is 11.0. The van der Waals surface area contributed by atoms with Crippen LogP contribution in [-0.2, 0) is 19.6 Å². The highest BCUT2D eigenvalue weighted by atomic mass is 35.5. The number of rotatable bonds is 9. The Balaban J connectivity index is 1.55. The third kappa shape index (κ3) is 6.68. The van der Waals surface area contributed by atoms with Gasteiger partial charge in [-0.2, -0.15) is 0 Å². The Morgan fingerprint density at radius 3 is 2.41 bits per heavy atom. The van der Waals surface area contributed by atoms with Crippen molar-refractivity contribution in [2.24, 2.45) is 0 Å². The van der Waals surface area contributed by atoms with Crippen LogP contribution in [0.4, 0.5) is 11.4 Å². The Hall–Kier alpha value is -3.40. The molecule has 0 bridgehead atoms. The Morgan fingerprint density at radius 1 is 1.03 bits per heavy atom. The van der Waals surface area contributed by atoms with Crippen LogP contribution in [0.3, 0.4) is 0 Å². The van der Waals surface area contributed by atoms with E-state index < -0.39 is 22.5 Å². The topological polar surface area (TPSA) is 105 Å². The summed E-state index contributed by atoms with van der Waals surface area (Å²) in [6.45, 7) is 2.44. The van der Waals surface area contributed by atoms with Gasteiger partial charge in [-0.3, -0.25) is 13.9 Å². The summed E-state index contributed by atoms with van der Waals surface area (Å²) >= 11 is 5.94. The van der Waals surface area contributed by atoms with Crippen molar-refractivity contribution in [2.45, 2.75) is 30.8 Å². The van der Waals surface area contributed by atoms with Gasteiger partial charge in [-0.15, -0.1) is 0 Å². The van der Waals surface area contributed by atoms with Crippen LogP contribution in [0.5, 0.6) is 0 Å². The van der Waals surface area contributed by atoms with E-state index in [9.17, 15) is 18.0 Å². The number of aryl methyl sites for hydroxylation is 1. The van der Waals surface area contributed by atoms with Gasteiger partial charge in [0.25, 0.3) is 15.9 Å². The van der Waals surface area contributed by atoms with Gasteiger partial charge in [-0.1, -0.05) is 41.4 Å². The lowest BCUT2D eigenvalue weighted by atomic mass is 10.1. The maximum absolute atomic E-state index is 13.5. The molecule has 3 aromatic rings. The lowest BCUT2D eigenvalue weighted by Crippen LogP contribution is -2.38. The Bertz CT molecular complexity index is 1360. The number of hydrogen-bond donors (Lipinski definition) is 2. The summed E-state index contributed by atoms with van der Waals surface area (Å²) in [4.78, 5) is 26.0. The van der Waals surface area contributed by atoms with E-state index in [4.69, 9.17) is 16.3 Å². The van der Waals surface area contributed by atoms with Crippen LogP contribution < -0.4 is 14.9 Å². The predicted octanol–water partition coefficient (Wildman–Crippen LogP) is 4.39. The molecular formula is C27H28ClN3O5S. The standard InChI is InChI=1S/C27H28ClN3O5S/c1-19-8-12-21(13-9-19)31(37(34,35)23-14-10-20(28)11-15-23)18-26(32)30-25-7-3-2-6-24(25)27(33)29-17-22-5-4-16-36-22/h2-3,6-15,22H,4-5,16-18H2,1H3,(H,29,33)(H,30,32)/t22-/m1/s1. The van der Waals surface area contributed by atoms with Gasteiger partial charge in [0.05, 0.1) is 27.9 Å². The number of halogens is 1. The van der Waals surface area contributed by atoms with Gasteiger partial charge >= 0.3 is 0 Å². The molecule has 194 valence electrons. The molecule has 37 heavy (non-hydrogen) atoms. The highest BCUT2D eigenvalue weighted by molar-refractivity contribution is 7.92. The fourth-order valence-corrected chi connectivity index (χ4v) is 5.52. The normalized spacial score (nSPS) is 15.2. The molecule has 1 heterocycles. The maximum Gasteiger partial charge on any atom is 0.264 e. The van der Waals surface area contributed by atoms with Gasteiger partial charge in [0.15, 0.2) is 0 Å². The zero-order valence-corrected chi connectivity index (χ0v) is 21.9. The maximum atomic E-state index is 13.5. The van der Waals surface area contributed by atoms with Crippen LogP contribution in [0.1, 0.15) is 28.8 Å². The number of anilines is 2. The summed E-state index contributed by atoms with van der Waals surface area (Å²) in [5.41, 5.74) is 1.83. The lowest BCUT2D eigenvalue weighted by Gasteiger charge is -2.24. The van der Waals surface area contributed by atoms with Crippen molar-refractivity contribution < 1.29 is 22.7 Å². The Morgan fingerprint density at radius 2 is 1.73 bits per heavy atom. The van der Waals surface area contributed by atoms with Crippen molar-refractivity contribution in [3.05, 3.63) is 88.9 Å². The summed E-state index contributed by atoms with van der Waals surface area (Å²) in [6, 6.07) is 19.2. The number of hydrogen-bond acceptors (Lipinski definition) is 5. The largest absolute Gasteiger partial charge is 0.376 e. The molecule has 3 aromatic carbocycles. The molecule has 1 atom stereocenters. The van der Waals surface area contributed by atoms with Gasteiger partial charge in [0, 0.05) is 18.2 Å². The minimum absolute atomic E-state index is 0.000755. The van der Waals surface area contributed by atoms with Crippen LogP contribution in [0.2, 0.25) is 5.02 Å². The van der Waals surface area contributed by atoms with E-state index in [1.165, 1.54) is 24.3 Å². The predicted molar refractivity (Wildman–Crippen MR) is 144 cm³/mol. The van der Waals surface area contributed by atoms with Crippen LogP contribution in [-0.4, -0.2) is 46.0 Å². The molecule has 0 aliphatic carbocycles. The molecule has 0 unspecified atom stereocenters. The van der Waals surface area contributed by atoms with Gasteiger partial charge in [-0.25, -0.2) is 8.42 Å². The molecule has 0 radical (unpaired) electrons. The SMILES string of the molecule is Cc1ccc(N(CC(=O)Nc2ccccc2C(=O)NC[C@H]2CCCO2)S(=O)(=O)c2ccc(Cl)cc2)cc1. The number of para-hydroxylation sites is 1. The summed E-state index contributed by atoms with van der Waals surface area (Å²) in [7, 11) is -4.09. The molecular weight excluding hydrogens is 514 g/mol. The third-order valence-corrected chi connectivity index (χ3v) is 8.01. The molecule has 0 aromatic heterocycles. The summed E-state index contributed by atoms with van der Waals surface area (Å²) in [5, 5.41) is 5.95. The number of amides is 2. The van der Waals surface area contributed by atoms with Crippen LogP contribution in [0.25, 0.3) is 0 Å². The molecule has 1 fully saturated rings. The van der Waals surface area contributed by atoms with E-state index in [-0.39, 0.29) is 28.2 Å². The first-order valence-electron chi connectivity index (χ1n) is 11.9.